The summed E-state index contributed by atoms with van der Waals surface area (Å²) in [6.45, 7) is 0. The van der Waals surface area contributed by atoms with Gasteiger partial charge in [-0.15, -0.1) is 0 Å². The fourth-order valence-electron chi connectivity index (χ4n) is 2.17. The lowest BCUT2D eigenvalue weighted by Crippen LogP contribution is -2.34. The van der Waals surface area contributed by atoms with E-state index in [1.54, 1.807) is 6.20 Å². The van der Waals surface area contributed by atoms with Gasteiger partial charge in [0.2, 0.25) is 0 Å². The third kappa shape index (κ3) is 3.49. The summed E-state index contributed by atoms with van der Waals surface area (Å²) in [5.41, 5.74) is 1.76. The van der Waals surface area contributed by atoms with Crippen molar-refractivity contribution in [3.63, 3.8) is 0 Å². The maximum absolute atomic E-state index is 13.2. The Morgan fingerprint density at radius 3 is 2.74 bits per heavy atom. The van der Waals surface area contributed by atoms with Crippen LogP contribution in [0, 0.1) is 5.82 Å². The minimum absolute atomic E-state index is 0.135. The van der Waals surface area contributed by atoms with Gasteiger partial charge in [-0.2, -0.15) is 0 Å². The predicted octanol–water partition coefficient (Wildman–Crippen LogP) is 3.50. The van der Waals surface area contributed by atoms with Crippen LogP contribution in [0.15, 0.2) is 60.8 Å². The van der Waals surface area contributed by atoms with Crippen LogP contribution in [0.4, 0.5) is 10.1 Å². The van der Waals surface area contributed by atoms with Crippen molar-refractivity contribution in [2.75, 3.05) is 5.32 Å². The number of rotatable bonds is 2. The number of hydrogen-bond acceptors (Lipinski definition) is 3. The molecule has 3 aromatic rings. The number of nitrogens with zero attached hydrogens (tertiary/aromatic N) is 1. The Morgan fingerprint density at radius 1 is 1.09 bits per heavy atom. The number of fused-ring (bicyclic) bond motifs is 1. The second kappa shape index (κ2) is 6.50. The molecule has 1 heterocycles. The number of amides is 1. The number of anilines is 1. The molecule has 0 aliphatic heterocycles. The van der Waals surface area contributed by atoms with Crippen LogP contribution in [0.5, 0.6) is 0 Å². The van der Waals surface area contributed by atoms with E-state index in [2.05, 4.69) is 15.6 Å². The monoisotopic (exact) mass is 325 g/mol. The largest absolute Gasteiger partial charge is 0.332 e. The number of halogens is 1. The Hall–Kier alpha value is -2.86. The summed E-state index contributed by atoms with van der Waals surface area (Å²) in [5, 5.41) is 6.52. The molecule has 2 aromatic carbocycles. The van der Waals surface area contributed by atoms with Crippen LogP contribution < -0.4 is 10.6 Å². The number of carbonyl (C=O) groups excluding carboxylic acids is 1. The zero-order chi connectivity index (χ0) is 16.2. The first-order valence-corrected chi connectivity index (χ1v) is 7.26. The van der Waals surface area contributed by atoms with Crippen LogP contribution >= 0.6 is 12.2 Å². The minimum Gasteiger partial charge on any atom is -0.332 e. The molecule has 3 rings (SSSR count). The maximum atomic E-state index is 13.2. The van der Waals surface area contributed by atoms with E-state index in [0.29, 0.717) is 0 Å². The summed E-state index contributed by atoms with van der Waals surface area (Å²) in [6, 6.07) is 14.7. The number of nitrogens with one attached hydrogen (secondary N) is 2. The maximum Gasteiger partial charge on any atom is 0.257 e. The van der Waals surface area contributed by atoms with Gasteiger partial charge in [0, 0.05) is 22.8 Å². The van der Waals surface area contributed by atoms with Gasteiger partial charge in [0.05, 0.1) is 5.52 Å². The molecule has 6 heteroatoms. The molecule has 0 aliphatic carbocycles. The molecule has 0 fully saturated rings. The van der Waals surface area contributed by atoms with Gasteiger partial charge in [-0.05, 0) is 54.7 Å². The number of pyridine rings is 1. The molecule has 0 saturated heterocycles. The van der Waals surface area contributed by atoms with Crippen LogP contribution in [0.1, 0.15) is 10.4 Å². The quantitative estimate of drug-likeness (QED) is 0.708. The highest BCUT2D eigenvalue weighted by atomic mass is 32.1. The Balaban J connectivity index is 1.75. The molecule has 0 unspecified atom stereocenters. The van der Waals surface area contributed by atoms with Crippen molar-refractivity contribution in [3.8, 4) is 0 Å². The number of aromatic nitrogens is 1. The molecular weight excluding hydrogens is 313 g/mol. The number of thiocarbonyl (C=S) groups is 1. The SMILES string of the molecule is O=C(NC(=S)Nc1cccc2ncccc12)c1cccc(F)c1. The van der Waals surface area contributed by atoms with Gasteiger partial charge in [0.15, 0.2) is 5.11 Å². The van der Waals surface area contributed by atoms with Crippen LogP contribution in [0.3, 0.4) is 0 Å². The zero-order valence-electron chi connectivity index (χ0n) is 11.9. The highest BCUT2D eigenvalue weighted by Gasteiger charge is 2.09. The van der Waals surface area contributed by atoms with Crippen molar-refractivity contribution in [3.05, 3.63) is 72.2 Å². The zero-order valence-corrected chi connectivity index (χ0v) is 12.7. The molecule has 1 amide bonds. The summed E-state index contributed by atoms with van der Waals surface area (Å²) in [5.74, 6) is -0.947. The average Bonchev–Trinajstić information content (AvgIpc) is 2.55. The van der Waals surface area contributed by atoms with Crippen molar-refractivity contribution in [1.82, 2.24) is 10.3 Å². The van der Waals surface area contributed by atoms with Gasteiger partial charge in [-0.1, -0.05) is 12.1 Å². The molecular formula is C17H12FN3OS. The summed E-state index contributed by atoms with van der Waals surface area (Å²) >= 11 is 5.15. The van der Waals surface area contributed by atoms with Crippen LogP contribution in [0.2, 0.25) is 0 Å². The van der Waals surface area contributed by atoms with Gasteiger partial charge < -0.3 is 5.32 Å². The van der Waals surface area contributed by atoms with E-state index in [1.165, 1.54) is 18.2 Å². The lowest BCUT2D eigenvalue weighted by molar-refractivity contribution is 0.0977. The first kappa shape index (κ1) is 15.1. The second-order valence-corrected chi connectivity index (χ2v) is 5.20. The fraction of sp³-hybridized carbons (Fsp3) is 0. The summed E-state index contributed by atoms with van der Waals surface area (Å²) in [7, 11) is 0. The van der Waals surface area contributed by atoms with Crippen LogP contribution in [-0.4, -0.2) is 16.0 Å². The molecule has 0 atom stereocenters. The Kier molecular flexibility index (Phi) is 4.25. The average molecular weight is 325 g/mol. The standard InChI is InChI=1S/C17H12FN3OS/c18-12-5-1-4-11(10-12)16(22)21-17(23)20-15-8-2-7-14-13(15)6-3-9-19-14/h1-10H,(H2,20,21,22,23). The fourth-order valence-corrected chi connectivity index (χ4v) is 2.37. The van der Waals surface area contributed by atoms with E-state index in [0.717, 1.165) is 22.7 Å². The lowest BCUT2D eigenvalue weighted by atomic mass is 10.2. The molecule has 2 N–H and O–H groups in total. The van der Waals surface area contributed by atoms with Gasteiger partial charge >= 0.3 is 0 Å². The third-order valence-corrected chi connectivity index (χ3v) is 3.41. The summed E-state index contributed by atoms with van der Waals surface area (Å²) in [6.07, 6.45) is 1.70. The Bertz CT molecular complexity index is 892. The first-order chi connectivity index (χ1) is 11.1. The Morgan fingerprint density at radius 2 is 1.91 bits per heavy atom. The third-order valence-electron chi connectivity index (χ3n) is 3.21. The van der Waals surface area contributed by atoms with Crippen molar-refractivity contribution in [1.29, 1.82) is 0 Å². The normalized spacial score (nSPS) is 10.3. The molecule has 4 nitrogen and oxygen atoms in total. The summed E-state index contributed by atoms with van der Waals surface area (Å²) in [4.78, 5) is 16.3. The molecule has 0 bridgehead atoms. The van der Waals surface area contributed by atoms with Gasteiger partial charge in [-0.3, -0.25) is 15.1 Å². The molecule has 23 heavy (non-hydrogen) atoms. The number of benzene rings is 2. The van der Waals surface area contributed by atoms with Crippen LogP contribution in [-0.2, 0) is 0 Å². The molecule has 0 radical (unpaired) electrons. The smallest absolute Gasteiger partial charge is 0.257 e. The van der Waals surface area contributed by atoms with E-state index in [4.69, 9.17) is 12.2 Å². The van der Waals surface area contributed by atoms with Gasteiger partial charge in [0.25, 0.3) is 5.91 Å². The summed E-state index contributed by atoms with van der Waals surface area (Å²) < 4.78 is 13.2. The van der Waals surface area contributed by atoms with Crippen molar-refractivity contribution < 1.29 is 9.18 Å². The van der Waals surface area contributed by atoms with Crippen LogP contribution in [0.25, 0.3) is 10.9 Å². The first-order valence-electron chi connectivity index (χ1n) is 6.85. The molecule has 0 saturated carbocycles. The second-order valence-electron chi connectivity index (χ2n) is 4.79. The van der Waals surface area contributed by atoms with Crippen molar-refractivity contribution >= 4 is 39.8 Å². The lowest BCUT2D eigenvalue weighted by Gasteiger charge is -2.11. The van der Waals surface area contributed by atoms with Crippen molar-refractivity contribution in [2.45, 2.75) is 0 Å². The topological polar surface area (TPSA) is 54.0 Å². The van der Waals surface area contributed by atoms with Gasteiger partial charge in [0.1, 0.15) is 5.82 Å². The number of hydrogen-bond donors (Lipinski definition) is 2. The minimum atomic E-state index is -0.475. The van der Waals surface area contributed by atoms with Gasteiger partial charge in [-0.25, -0.2) is 4.39 Å². The molecule has 0 spiro atoms. The van der Waals surface area contributed by atoms with E-state index in [1.807, 2.05) is 30.3 Å². The van der Waals surface area contributed by atoms with E-state index >= 15 is 0 Å². The van der Waals surface area contributed by atoms with E-state index in [9.17, 15) is 9.18 Å². The molecule has 1 aromatic heterocycles. The van der Waals surface area contributed by atoms with Crippen molar-refractivity contribution in [2.24, 2.45) is 0 Å². The van der Waals surface area contributed by atoms with E-state index < -0.39 is 11.7 Å². The predicted molar refractivity (Wildman–Crippen MR) is 91.8 cm³/mol. The highest BCUT2D eigenvalue weighted by Crippen LogP contribution is 2.21. The highest BCUT2D eigenvalue weighted by molar-refractivity contribution is 7.80. The Labute approximate surface area is 137 Å². The molecule has 114 valence electrons. The van der Waals surface area contributed by atoms with E-state index in [-0.39, 0.29) is 10.7 Å². The molecule has 0 aliphatic rings. The number of carbonyl (C=O) groups is 1.